The van der Waals surface area contributed by atoms with Crippen molar-refractivity contribution < 1.29 is 29.0 Å². The normalized spacial score (nSPS) is 19.8. The van der Waals surface area contributed by atoms with Crippen LogP contribution in [0.3, 0.4) is 0 Å². The van der Waals surface area contributed by atoms with Gasteiger partial charge in [0, 0.05) is 31.2 Å². The zero-order valence-corrected chi connectivity index (χ0v) is 13.5. The Balaban J connectivity index is 1.96. The molecule has 0 aromatic carbocycles. The molecule has 8 heteroatoms. The monoisotopic (exact) mass is 328 g/mol. The summed E-state index contributed by atoms with van der Waals surface area (Å²) in [4.78, 5) is 35.4. The molecule has 1 aliphatic heterocycles. The van der Waals surface area contributed by atoms with Gasteiger partial charge in [-0.2, -0.15) is 0 Å². The number of nitrogens with zero attached hydrogens (tertiary/aromatic N) is 1. The SMILES string of the molecule is CC(=CCCNC(=O)OCCOC(=O)CCN1CC1C)C(=O)O. The molecule has 0 radical (unpaired) electrons. The fourth-order valence-corrected chi connectivity index (χ4v) is 1.80. The third-order valence-electron chi connectivity index (χ3n) is 3.37. The summed E-state index contributed by atoms with van der Waals surface area (Å²) in [6.07, 6.45) is 1.63. The Labute approximate surface area is 135 Å². The van der Waals surface area contributed by atoms with Crippen molar-refractivity contribution in [3.63, 3.8) is 0 Å². The van der Waals surface area contributed by atoms with Crippen LogP contribution in [0.1, 0.15) is 26.7 Å². The van der Waals surface area contributed by atoms with Crippen molar-refractivity contribution in [1.29, 1.82) is 0 Å². The van der Waals surface area contributed by atoms with Gasteiger partial charge in [0.25, 0.3) is 0 Å². The minimum atomic E-state index is -0.984. The van der Waals surface area contributed by atoms with E-state index in [0.29, 0.717) is 25.4 Å². The number of aliphatic carboxylic acids is 1. The molecular weight excluding hydrogens is 304 g/mol. The van der Waals surface area contributed by atoms with E-state index in [1.54, 1.807) is 0 Å². The van der Waals surface area contributed by atoms with Crippen molar-refractivity contribution >= 4 is 18.0 Å². The van der Waals surface area contributed by atoms with E-state index in [0.717, 1.165) is 6.54 Å². The third-order valence-corrected chi connectivity index (χ3v) is 3.37. The smallest absolute Gasteiger partial charge is 0.407 e. The fraction of sp³-hybridized carbons (Fsp3) is 0.667. The van der Waals surface area contributed by atoms with Crippen LogP contribution in [0.2, 0.25) is 0 Å². The maximum atomic E-state index is 11.4. The number of hydrogen-bond donors (Lipinski definition) is 2. The molecule has 0 spiro atoms. The molecule has 0 aromatic heterocycles. The van der Waals surface area contributed by atoms with Gasteiger partial charge < -0.3 is 19.9 Å². The van der Waals surface area contributed by atoms with Crippen molar-refractivity contribution in [2.75, 3.05) is 32.8 Å². The van der Waals surface area contributed by atoms with Crippen molar-refractivity contribution in [2.45, 2.75) is 32.7 Å². The van der Waals surface area contributed by atoms with Gasteiger partial charge in [-0.15, -0.1) is 0 Å². The Morgan fingerprint density at radius 1 is 1.30 bits per heavy atom. The molecule has 0 saturated carbocycles. The Morgan fingerprint density at radius 3 is 2.57 bits per heavy atom. The lowest BCUT2D eigenvalue weighted by molar-refractivity contribution is -0.144. The molecule has 0 aromatic rings. The van der Waals surface area contributed by atoms with Gasteiger partial charge in [-0.05, 0) is 20.3 Å². The van der Waals surface area contributed by atoms with Crippen LogP contribution in [0, 0.1) is 0 Å². The summed E-state index contributed by atoms with van der Waals surface area (Å²) in [6.45, 7) is 5.59. The second-order valence-corrected chi connectivity index (χ2v) is 5.36. The van der Waals surface area contributed by atoms with Crippen molar-refractivity contribution in [3.8, 4) is 0 Å². The first-order valence-corrected chi connectivity index (χ1v) is 7.60. The number of ether oxygens (including phenoxy) is 2. The molecule has 0 aliphatic carbocycles. The van der Waals surface area contributed by atoms with E-state index in [4.69, 9.17) is 14.6 Å². The van der Waals surface area contributed by atoms with Gasteiger partial charge in [-0.1, -0.05) is 6.08 Å². The summed E-state index contributed by atoms with van der Waals surface area (Å²) in [5.74, 6) is -1.29. The number of amides is 1. The van der Waals surface area contributed by atoms with Crippen molar-refractivity contribution in [1.82, 2.24) is 10.2 Å². The van der Waals surface area contributed by atoms with Crippen LogP contribution in [0.5, 0.6) is 0 Å². The van der Waals surface area contributed by atoms with E-state index in [-0.39, 0.29) is 31.3 Å². The highest BCUT2D eigenvalue weighted by atomic mass is 16.6. The van der Waals surface area contributed by atoms with Gasteiger partial charge in [0.2, 0.25) is 0 Å². The van der Waals surface area contributed by atoms with E-state index >= 15 is 0 Å². The number of carbonyl (C=O) groups is 3. The maximum Gasteiger partial charge on any atom is 0.407 e. The van der Waals surface area contributed by atoms with Gasteiger partial charge in [0.05, 0.1) is 6.42 Å². The highest BCUT2D eigenvalue weighted by molar-refractivity contribution is 5.85. The first-order chi connectivity index (χ1) is 10.9. The molecule has 2 unspecified atom stereocenters. The van der Waals surface area contributed by atoms with Crippen molar-refractivity contribution in [2.24, 2.45) is 0 Å². The molecule has 130 valence electrons. The molecule has 2 atom stereocenters. The molecule has 1 heterocycles. The standard InChI is InChI=1S/C15H24N2O6/c1-11(14(19)20)4-3-6-16-15(21)23-9-8-22-13(18)5-7-17-10-12(17)2/h4,12H,3,5-10H2,1-2H3,(H,16,21)(H,19,20). The second-order valence-electron chi connectivity index (χ2n) is 5.36. The number of rotatable bonds is 10. The van der Waals surface area contributed by atoms with E-state index in [1.165, 1.54) is 13.0 Å². The Morgan fingerprint density at radius 2 is 1.96 bits per heavy atom. The summed E-state index contributed by atoms with van der Waals surface area (Å²) >= 11 is 0. The quantitative estimate of drug-likeness (QED) is 0.264. The lowest BCUT2D eigenvalue weighted by atomic mass is 10.2. The third kappa shape index (κ3) is 8.82. The molecule has 1 rings (SSSR count). The average Bonchev–Trinajstić information content (AvgIpc) is 3.21. The van der Waals surface area contributed by atoms with E-state index in [2.05, 4.69) is 17.1 Å². The van der Waals surface area contributed by atoms with Gasteiger partial charge in [0.1, 0.15) is 13.2 Å². The maximum absolute atomic E-state index is 11.4. The van der Waals surface area contributed by atoms with Gasteiger partial charge in [-0.25, -0.2) is 9.59 Å². The first-order valence-electron chi connectivity index (χ1n) is 7.60. The predicted molar refractivity (Wildman–Crippen MR) is 82.0 cm³/mol. The Hall–Kier alpha value is -2.09. The van der Waals surface area contributed by atoms with Crippen molar-refractivity contribution in [3.05, 3.63) is 11.6 Å². The summed E-state index contributed by atoms with van der Waals surface area (Å²) in [5, 5.41) is 11.1. The van der Waals surface area contributed by atoms with Gasteiger partial charge >= 0.3 is 18.0 Å². The minimum Gasteiger partial charge on any atom is -0.478 e. The molecule has 1 aliphatic rings. The van der Waals surface area contributed by atoms with Crippen LogP contribution in [-0.2, 0) is 19.1 Å². The number of carbonyl (C=O) groups excluding carboxylic acids is 2. The molecule has 1 fully saturated rings. The molecule has 1 saturated heterocycles. The van der Waals surface area contributed by atoms with Gasteiger partial charge in [-0.3, -0.25) is 9.69 Å². The second kappa shape index (κ2) is 9.83. The lowest BCUT2D eigenvalue weighted by Gasteiger charge is -2.07. The largest absolute Gasteiger partial charge is 0.478 e. The van der Waals surface area contributed by atoms with Gasteiger partial charge in [0.15, 0.2) is 0 Å². The summed E-state index contributed by atoms with van der Waals surface area (Å²) in [5.41, 5.74) is 0.226. The fourth-order valence-electron chi connectivity index (χ4n) is 1.80. The van der Waals surface area contributed by atoms with Crippen LogP contribution in [-0.4, -0.2) is 66.9 Å². The van der Waals surface area contributed by atoms with E-state index < -0.39 is 12.1 Å². The number of alkyl carbamates (subject to hydrolysis) is 1. The highest BCUT2D eigenvalue weighted by Crippen LogP contribution is 2.15. The van der Waals surface area contributed by atoms with Crippen LogP contribution in [0.15, 0.2) is 11.6 Å². The molecule has 23 heavy (non-hydrogen) atoms. The molecule has 0 bridgehead atoms. The van der Waals surface area contributed by atoms with Crippen LogP contribution >= 0.6 is 0 Å². The summed E-state index contributed by atoms with van der Waals surface area (Å²) < 4.78 is 9.77. The summed E-state index contributed by atoms with van der Waals surface area (Å²) in [7, 11) is 0. The molecule has 8 nitrogen and oxygen atoms in total. The van der Waals surface area contributed by atoms with Crippen LogP contribution in [0.4, 0.5) is 4.79 Å². The number of esters is 1. The Kier molecular flexibility index (Phi) is 8.10. The number of nitrogens with one attached hydrogen (secondary N) is 1. The predicted octanol–water partition coefficient (Wildman–Crippen LogP) is 0.771. The van der Waals surface area contributed by atoms with Crippen LogP contribution in [0.25, 0.3) is 0 Å². The number of carboxylic acids is 1. The highest BCUT2D eigenvalue weighted by Gasteiger charge is 2.28. The number of carboxylic acid groups (broad SMARTS) is 1. The topological polar surface area (TPSA) is 105 Å². The zero-order valence-electron chi connectivity index (χ0n) is 13.5. The molecule has 1 amide bonds. The van der Waals surface area contributed by atoms with Crippen LogP contribution < -0.4 is 5.32 Å². The van der Waals surface area contributed by atoms with E-state index in [1.807, 2.05) is 0 Å². The Bertz CT molecular complexity index is 463. The molecular formula is C15H24N2O6. The van der Waals surface area contributed by atoms with E-state index in [9.17, 15) is 14.4 Å². The molecule has 2 N–H and O–H groups in total. The zero-order chi connectivity index (χ0) is 17.2. The first kappa shape index (κ1) is 19.0. The summed E-state index contributed by atoms with van der Waals surface area (Å²) in [6, 6.07) is 0.559. The average molecular weight is 328 g/mol. The number of hydrogen-bond acceptors (Lipinski definition) is 6. The lowest BCUT2D eigenvalue weighted by Crippen LogP contribution is -2.26. The minimum absolute atomic E-state index is 0.0122.